The van der Waals surface area contributed by atoms with Crippen molar-refractivity contribution in [1.82, 2.24) is 9.97 Å². The van der Waals surface area contributed by atoms with Crippen molar-refractivity contribution in [2.45, 2.75) is 52.2 Å². The van der Waals surface area contributed by atoms with Gasteiger partial charge in [0.05, 0.1) is 5.69 Å². The molecule has 0 saturated heterocycles. The number of para-hydroxylation sites is 1. The van der Waals surface area contributed by atoms with Crippen LogP contribution < -0.4 is 0 Å². The number of pyridine rings is 2. The van der Waals surface area contributed by atoms with Crippen molar-refractivity contribution in [3.63, 3.8) is 0 Å². The van der Waals surface area contributed by atoms with Gasteiger partial charge in [-0.2, -0.15) is 0 Å². The molecule has 0 aliphatic carbocycles. The first kappa shape index (κ1) is 15.4. The van der Waals surface area contributed by atoms with Crippen molar-refractivity contribution in [2.24, 2.45) is 0 Å². The maximum absolute atomic E-state index is 9.19. The molecule has 5 aromatic rings. The molecular weight excluding hydrogens is 404 g/mol. The highest BCUT2D eigenvalue weighted by molar-refractivity contribution is 6.08. The molecule has 3 heteroatoms. The van der Waals surface area contributed by atoms with Crippen molar-refractivity contribution < 1.29 is 12.6 Å². The Hall–Kier alpha value is -3.46. The van der Waals surface area contributed by atoms with Crippen molar-refractivity contribution >= 4 is 22.1 Å². The summed E-state index contributed by atoms with van der Waals surface area (Å²) in [6.45, 7) is 5.54. The van der Waals surface area contributed by atoms with E-state index < -0.39 is 19.1 Å². The first-order valence-corrected chi connectivity index (χ1v) is 11.0. The normalized spacial score (nSPS) is 17.5. The molecule has 0 radical (unpaired) electrons. The molecule has 3 aromatic heterocycles. The van der Waals surface area contributed by atoms with E-state index in [1.807, 2.05) is 30.3 Å². The van der Waals surface area contributed by atoms with Gasteiger partial charge in [0.25, 0.3) is 0 Å². The summed E-state index contributed by atoms with van der Waals surface area (Å²) in [4.78, 5) is 8.75. The third kappa shape index (κ3) is 4.16. The quantitative estimate of drug-likeness (QED) is 0.284. The van der Waals surface area contributed by atoms with E-state index in [0.717, 1.165) is 10.9 Å². The predicted molar refractivity (Wildman–Crippen MR) is 137 cm³/mol. The summed E-state index contributed by atoms with van der Waals surface area (Å²) in [5, 5.41) is 1.46. The molecule has 33 heavy (non-hydrogen) atoms. The molecule has 0 aliphatic heterocycles. The van der Waals surface area contributed by atoms with Crippen LogP contribution in [0.25, 0.3) is 33.3 Å². The highest BCUT2D eigenvalue weighted by Gasteiger charge is 2.16. The Balaban J connectivity index is 1.58. The van der Waals surface area contributed by atoms with Gasteiger partial charge < -0.3 is 4.42 Å². The zero-order valence-corrected chi connectivity index (χ0v) is 19.2. The summed E-state index contributed by atoms with van der Waals surface area (Å²) >= 11 is 0. The Morgan fingerprint density at radius 3 is 2.61 bits per heavy atom. The molecule has 1 atom stereocenters. The maximum atomic E-state index is 9.19. The molecule has 0 unspecified atom stereocenters. The molecule has 0 saturated carbocycles. The lowest BCUT2D eigenvalue weighted by atomic mass is 9.85. The van der Waals surface area contributed by atoms with Crippen molar-refractivity contribution in [1.29, 1.82) is 0 Å². The SMILES string of the molecule is [2H]C([2H])([2H])c1ccc2c(n1)oc1c(-c3cc([C@]([2H])(C)C([2H])([2H])c4ccc(C(C)(C)C)cc4)ccn3)cccc12. The molecule has 0 bridgehead atoms. The maximum Gasteiger partial charge on any atom is 0.227 e. The fourth-order valence-corrected chi connectivity index (χ4v) is 4.03. The minimum atomic E-state index is -2.35. The van der Waals surface area contributed by atoms with Gasteiger partial charge in [-0.25, -0.2) is 4.98 Å². The number of fused-ring (bicyclic) bond motifs is 3. The number of rotatable bonds is 4. The summed E-state index contributed by atoms with van der Waals surface area (Å²) in [5.74, 6) is -1.63. The number of benzene rings is 2. The standard InChI is InChI=1S/C30H30N2O/c1-19(17-21-10-12-23(13-11-21)30(3,4)5)22-15-16-31-27(18-22)26-8-6-7-24-25-14-9-20(2)32-29(25)33-28(24)26/h6-16,18-19H,17H2,1-5H3/t19-/m1/s1/i2D3,17D2,19D. The van der Waals surface area contributed by atoms with Crippen LogP contribution in [0.5, 0.6) is 0 Å². The Morgan fingerprint density at radius 2 is 1.85 bits per heavy atom. The zero-order chi connectivity index (χ0) is 28.4. The Labute approximate surface area is 203 Å². The van der Waals surface area contributed by atoms with Gasteiger partial charge in [-0.05, 0) is 71.6 Å². The first-order chi connectivity index (χ1) is 18.1. The molecule has 0 spiro atoms. The summed E-state index contributed by atoms with van der Waals surface area (Å²) < 4.78 is 56.2. The smallest absolute Gasteiger partial charge is 0.227 e. The number of nitrogens with zero attached hydrogens (tertiary/aromatic N) is 2. The van der Waals surface area contributed by atoms with Crippen LogP contribution in [0.4, 0.5) is 0 Å². The van der Waals surface area contributed by atoms with Crippen molar-refractivity contribution in [3.05, 3.63) is 95.3 Å². The molecule has 0 fully saturated rings. The van der Waals surface area contributed by atoms with Crippen LogP contribution in [-0.4, -0.2) is 9.97 Å². The largest absolute Gasteiger partial charge is 0.437 e. The average molecular weight is 441 g/mol. The number of hydrogen-bond acceptors (Lipinski definition) is 3. The van der Waals surface area contributed by atoms with E-state index in [-0.39, 0.29) is 16.8 Å². The lowest BCUT2D eigenvalue weighted by molar-refractivity contribution is 0.589. The summed E-state index contributed by atoms with van der Waals surface area (Å²) in [6, 6.07) is 19.5. The van der Waals surface area contributed by atoms with Gasteiger partial charge in [-0.1, -0.05) is 64.1 Å². The molecule has 3 nitrogen and oxygen atoms in total. The van der Waals surface area contributed by atoms with Crippen LogP contribution in [0.1, 0.15) is 64.2 Å². The Bertz CT molecular complexity index is 1680. The molecular formula is C30H30N2O. The first-order valence-electron chi connectivity index (χ1n) is 14.0. The van der Waals surface area contributed by atoms with Crippen LogP contribution in [0.15, 0.2) is 77.3 Å². The molecule has 0 N–H and O–H groups in total. The monoisotopic (exact) mass is 440 g/mol. The zero-order valence-electron chi connectivity index (χ0n) is 25.2. The molecule has 0 amide bonds. The van der Waals surface area contributed by atoms with Crippen LogP contribution >= 0.6 is 0 Å². The van der Waals surface area contributed by atoms with Crippen molar-refractivity contribution in [2.75, 3.05) is 0 Å². The lowest BCUT2D eigenvalue weighted by Crippen LogP contribution is -2.10. The van der Waals surface area contributed by atoms with E-state index in [1.54, 1.807) is 43.5 Å². The number of aryl methyl sites for hydroxylation is 1. The third-order valence-electron chi connectivity index (χ3n) is 5.92. The van der Waals surface area contributed by atoms with Gasteiger partial charge in [-0.3, -0.25) is 4.98 Å². The highest BCUT2D eigenvalue weighted by atomic mass is 16.3. The topological polar surface area (TPSA) is 38.9 Å². The van der Waals surface area contributed by atoms with Crippen LogP contribution in [0.3, 0.4) is 0 Å². The van der Waals surface area contributed by atoms with Crippen LogP contribution in [-0.2, 0) is 11.8 Å². The molecule has 0 aliphatic rings. The number of hydrogen-bond donors (Lipinski definition) is 0. The van der Waals surface area contributed by atoms with E-state index in [2.05, 4.69) is 30.7 Å². The minimum absolute atomic E-state index is 0.0431. The highest BCUT2D eigenvalue weighted by Crippen LogP contribution is 2.35. The second-order valence-electron chi connectivity index (χ2n) is 9.34. The molecule has 5 rings (SSSR count). The number of furan rings is 1. The fraction of sp³-hybridized carbons (Fsp3) is 0.267. The van der Waals surface area contributed by atoms with Gasteiger partial charge in [0.15, 0.2) is 0 Å². The number of aromatic nitrogens is 2. The Morgan fingerprint density at radius 1 is 1.03 bits per heavy atom. The van der Waals surface area contributed by atoms with Gasteiger partial charge in [-0.15, -0.1) is 0 Å². The lowest BCUT2D eigenvalue weighted by Gasteiger charge is -2.20. The average Bonchev–Trinajstić information content (AvgIpc) is 3.26. The second kappa shape index (κ2) is 8.15. The van der Waals surface area contributed by atoms with E-state index in [1.165, 1.54) is 6.07 Å². The molecule has 3 heterocycles. The fourth-order valence-electron chi connectivity index (χ4n) is 4.03. The van der Waals surface area contributed by atoms with Crippen LogP contribution in [0, 0.1) is 6.85 Å². The van der Waals surface area contributed by atoms with E-state index in [4.69, 9.17) is 11.3 Å². The minimum Gasteiger partial charge on any atom is -0.437 e. The second-order valence-corrected chi connectivity index (χ2v) is 9.34. The van der Waals surface area contributed by atoms with Crippen molar-refractivity contribution in [3.8, 4) is 11.3 Å². The van der Waals surface area contributed by atoms with E-state index >= 15 is 0 Å². The van der Waals surface area contributed by atoms with E-state index in [9.17, 15) is 1.37 Å². The third-order valence-corrected chi connectivity index (χ3v) is 5.92. The van der Waals surface area contributed by atoms with Gasteiger partial charge in [0.1, 0.15) is 5.58 Å². The molecule has 2 aromatic carbocycles. The van der Waals surface area contributed by atoms with E-state index in [0.29, 0.717) is 33.4 Å². The summed E-state index contributed by atoms with van der Waals surface area (Å²) in [5.41, 5.74) is 3.78. The predicted octanol–water partition coefficient (Wildman–Crippen LogP) is 8.00. The molecule has 166 valence electrons. The van der Waals surface area contributed by atoms with Gasteiger partial charge in [0.2, 0.25) is 5.71 Å². The Kier molecular flexibility index (Phi) is 3.80. The summed E-state index contributed by atoms with van der Waals surface area (Å²) in [7, 11) is 0. The van der Waals surface area contributed by atoms with Gasteiger partial charge in [0, 0.05) is 36.5 Å². The summed E-state index contributed by atoms with van der Waals surface area (Å²) in [6.07, 6.45) is -0.425. The van der Waals surface area contributed by atoms with Crippen LogP contribution in [0.2, 0.25) is 0 Å². The van der Waals surface area contributed by atoms with Gasteiger partial charge >= 0.3 is 0 Å².